The first-order valence-electron chi connectivity index (χ1n) is 9.14. The fourth-order valence-corrected chi connectivity index (χ4v) is 3.52. The van der Waals surface area contributed by atoms with E-state index in [9.17, 15) is 31.5 Å². The van der Waals surface area contributed by atoms with Gasteiger partial charge in [-0.3, -0.25) is 14.8 Å². The summed E-state index contributed by atoms with van der Waals surface area (Å²) in [7, 11) is -3.41. The number of aliphatic carboxylic acids is 1. The van der Waals surface area contributed by atoms with E-state index in [0.29, 0.717) is 23.2 Å². The van der Waals surface area contributed by atoms with E-state index in [1.165, 1.54) is 24.3 Å². The Labute approximate surface area is 173 Å². The van der Waals surface area contributed by atoms with Crippen molar-refractivity contribution in [3.63, 3.8) is 0 Å². The van der Waals surface area contributed by atoms with Gasteiger partial charge in [0.15, 0.2) is 0 Å². The van der Waals surface area contributed by atoms with Crippen molar-refractivity contribution in [3.05, 3.63) is 54.1 Å². The molecule has 0 radical (unpaired) electrons. The summed E-state index contributed by atoms with van der Waals surface area (Å²) >= 11 is 0. The number of hydrogen-bond donors (Lipinski definition) is 3. The third-order valence-electron chi connectivity index (χ3n) is 4.34. The topological polar surface area (TPSA) is 95.5 Å². The molecule has 3 N–H and O–H groups in total. The van der Waals surface area contributed by atoms with E-state index in [4.69, 9.17) is 0 Å². The van der Waals surface area contributed by atoms with Gasteiger partial charge in [-0.25, -0.2) is 8.42 Å². The number of rotatable bonds is 9. The smallest absolute Gasteiger partial charge is 0.407 e. The summed E-state index contributed by atoms with van der Waals surface area (Å²) in [5.74, 6) is -1.33. The molecule has 0 saturated carbocycles. The lowest BCUT2D eigenvalue weighted by molar-refractivity contribution is -0.163. The van der Waals surface area contributed by atoms with Crippen LogP contribution >= 0.6 is 0 Å². The van der Waals surface area contributed by atoms with E-state index in [1.807, 2.05) is 0 Å². The first kappa shape index (κ1) is 23.7. The number of halogens is 3. The largest absolute Gasteiger partial charge is 0.480 e. The van der Waals surface area contributed by atoms with Crippen LogP contribution in [-0.2, 0) is 14.8 Å². The number of benzene rings is 2. The Morgan fingerprint density at radius 1 is 1.03 bits per heavy atom. The molecule has 30 heavy (non-hydrogen) atoms. The zero-order valence-electron chi connectivity index (χ0n) is 16.4. The molecular weight excluding hydrogens is 421 g/mol. The number of alkyl halides is 3. The van der Waals surface area contributed by atoms with Crippen LogP contribution in [0.2, 0.25) is 0 Å². The Bertz CT molecular complexity index is 959. The summed E-state index contributed by atoms with van der Waals surface area (Å²) in [6.45, 7) is 1.70. The van der Waals surface area contributed by atoms with Gasteiger partial charge in [0.05, 0.1) is 6.26 Å². The molecule has 2 rings (SSSR count). The predicted octanol–water partition coefficient (Wildman–Crippen LogP) is 4.17. The van der Waals surface area contributed by atoms with Crippen molar-refractivity contribution in [2.24, 2.45) is 0 Å². The molecule has 10 heteroatoms. The molecule has 164 valence electrons. The zero-order chi connectivity index (χ0) is 22.5. The van der Waals surface area contributed by atoms with Crippen molar-refractivity contribution in [1.29, 1.82) is 0 Å². The van der Waals surface area contributed by atoms with Crippen molar-refractivity contribution in [1.82, 2.24) is 5.32 Å². The van der Waals surface area contributed by atoms with E-state index < -0.39 is 34.3 Å². The molecule has 0 aliphatic heterocycles. The lowest BCUT2D eigenvalue weighted by atomic mass is 9.99. The maximum absolute atomic E-state index is 13.6. The van der Waals surface area contributed by atoms with Gasteiger partial charge in [-0.05, 0) is 35.2 Å². The molecule has 0 amide bonds. The highest BCUT2D eigenvalue weighted by Gasteiger charge is 2.42. The summed E-state index contributed by atoms with van der Waals surface area (Å²) in [5, 5.41) is 11.4. The minimum Gasteiger partial charge on any atom is -0.480 e. The third kappa shape index (κ3) is 6.74. The second-order valence-electron chi connectivity index (χ2n) is 6.89. The number of carboxylic acids is 1. The van der Waals surface area contributed by atoms with E-state index >= 15 is 0 Å². The average molecular weight is 444 g/mol. The van der Waals surface area contributed by atoms with Gasteiger partial charge in [-0.2, -0.15) is 13.2 Å². The number of hydrogen-bond acceptors (Lipinski definition) is 4. The lowest BCUT2D eigenvalue weighted by Gasteiger charge is -2.26. The Morgan fingerprint density at radius 3 is 1.93 bits per heavy atom. The van der Waals surface area contributed by atoms with Crippen molar-refractivity contribution in [2.75, 3.05) is 11.0 Å². The lowest BCUT2D eigenvalue weighted by Crippen LogP contribution is -2.44. The maximum atomic E-state index is 13.6. The predicted molar refractivity (Wildman–Crippen MR) is 109 cm³/mol. The Balaban J connectivity index is 2.25. The third-order valence-corrected chi connectivity index (χ3v) is 4.94. The number of sulfonamides is 1. The molecule has 0 saturated heterocycles. The van der Waals surface area contributed by atoms with Crippen LogP contribution in [0.15, 0.2) is 48.5 Å². The molecule has 2 atom stereocenters. The van der Waals surface area contributed by atoms with Crippen LogP contribution in [0.4, 0.5) is 18.9 Å². The maximum Gasteiger partial charge on any atom is 0.407 e. The molecule has 0 aromatic heterocycles. The number of carboxylic acid groups (broad SMARTS) is 1. The minimum atomic E-state index is -4.66. The second kappa shape index (κ2) is 9.48. The van der Waals surface area contributed by atoms with Gasteiger partial charge in [0.25, 0.3) is 0 Å². The zero-order valence-corrected chi connectivity index (χ0v) is 17.2. The molecule has 6 nitrogen and oxygen atoms in total. The van der Waals surface area contributed by atoms with E-state index in [2.05, 4.69) is 10.0 Å². The normalized spacial score (nSPS) is 14.2. The quantitative estimate of drug-likeness (QED) is 0.540. The van der Waals surface area contributed by atoms with Gasteiger partial charge in [0.1, 0.15) is 12.1 Å². The highest BCUT2D eigenvalue weighted by molar-refractivity contribution is 7.92. The van der Waals surface area contributed by atoms with E-state index in [0.717, 1.165) is 6.26 Å². The van der Waals surface area contributed by atoms with Crippen molar-refractivity contribution >= 4 is 21.7 Å². The van der Waals surface area contributed by atoms with Crippen molar-refractivity contribution in [3.8, 4) is 11.1 Å². The van der Waals surface area contributed by atoms with Crippen LogP contribution in [0, 0.1) is 0 Å². The molecule has 2 aromatic rings. The molecule has 0 heterocycles. The monoisotopic (exact) mass is 444 g/mol. The van der Waals surface area contributed by atoms with Gasteiger partial charge in [0, 0.05) is 5.69 Å². The minimum absolute atomic E-state index is 0.0772. The molecule has 2 aromatic carbocycles. The molecule has 0 aliphatic carbocycles. The van der Waals surface area contributed by atoms with Crippen LogP contribution in [-0.4, -0.2) is 38.0 Å². The number of anilines is 1. The highest BCUT2D eigenvalue weighted by atomic mass is 32.2. The summed E-state index contributed by atoms with van der Waals surface area (Å²) < 4.78 is 65.5. The molecule has 0 fully saturated rings. The Morgan fingerprint density at radius 2 is 1.53 bits per heavy atom. The SMILES string of the molecule is CCC[C@H](N[C@@H](c1ccc(-c2ccc(NS(C)(=O)=O)cc2)cc1)C(F)(F)F)C(=O)O. The fraction of sp³-hybridized carbons (Fsp3) is 0.350. The van der Waals surface area contributed by atoms with Crippen LogP contribution in [0.5, 0.6) is 0 Å². The summed E-state index contributed by atoms with van der Waals surface area (Å²) in [4.78, 5) is 11.3. The van der Waals surface area contributed by atoms with E-state index in [-0.39, 0.29) is 12.0 Å². The Hall–Kier alpha value is -2.59. The van der Waals surface area contributed by atoms with Crippen molar-refractivity contribution < 1.29 is 31.5 Å². The molecule has 0 aliphatic rings. The second-order valence-corrected chi connectivity index (χ2v) is 8.64. The van der Waals surface area contributed by atoms with Gasteiger partial charge in [-0.15, -0.1) is 0 Å². The fourth-order valence-electron chi connectivity index (χ4n) is 2.96. The van der Waals surface area contributed by atoms with E-state index in [1.54, 1.807) is 31.2 Å². The average Bonchev–Trinajstić information content (AvgIpc) is 2.63. The van der Waals surface area contributed by atoms with Gasteiger partial charge < -0.3 is 5.11 Å². The van der Waals surface area contributed by atoms with Crippen LogP contribution in [0.3, 0.4) is 0 Å². The summed E-state index contributed by atoms with van der Waals surface area (Å²) in [5.41, 5.74) is 1.60. The standard InChI is InChI=1S/C20H23F3N2O4S/c1-3-4-17(19(26)27)24-18(20(21,22)23)15-7-5-13(6-8-15)14-9-11-16(12-10-14)25-30(2,28)29/h5-12,17-18,24-25H,3-4H2,1-2H3,(H,26,27)/t17-,18-/m0/s1. The summed E-state index contributed by atoms with van der Waals surface area (Å²) in [6, 6.07) is 8.57. The Kier molecular flexibility index (Phi) is 7.49. The van der Waals surface area contributed by atoms with Crippen LogP contribution in [0.25, 0.3) is 11.1 Å². The molecular formula is C20H23F3N2O4S. The number of carbonyl (C=O) groups is 1. The van der Waals surface area contributed by atoms with Gasteiger partial charge >= 0.3 is 12.1 Å². The van der Waals surface area contributed by atoms with Gasteiger partial charge in [-0.1, -0.05) is 49.7 Å². The molecule has 0 spiro atoms. The molecule has 0 unspecified atom stereocenters. The first-order valence-corrected chi connectivity index (χ1v) is 11.0. The van der Waals surface area contributed by atoms with Crippen molar-refractivity contribution in [2.45, 2.75) is 38.0 Å². The first-order chi connectivity index (χ1) is 13.9. The number of nitrogens with one attached hydrogen (secondary N) is 2. The molecule has 0 bridgehead atoms. The van der Waals surface area contributed by atoms with Crippen LogP contribution in [0.1, 0.15) is 31.4 Å². The van der Waals surface area contributed by atoms with Gasteiger partial charge in [0.2, 0.25) is 10.0 Å². The summed E-state index contributed by atoms with van der Waals surface area (Å²) in [6.07, 6.45) is -3.13. The highest BCUT2D eigenvalue weighted by Crippen LogP contribution is 2.34. The van der Waals surface area contributed by atoms with Crippen LogP contribution < -0.4 is 10.0 Å².